The monoisotopic (exact) mass is 380 g/mol. The molecule has 8 heteroatoms. The van der Waals surface area contributed by atoms with Gasteiger partial charge < -0.3 is 9.64 Å². The summed E-state index contributed by atoms with van der Waals surface area (Å²) in [5, 5.41) is 14.5. The molecule has 0 radical (unpaired) electrons. The Kier molecular flexibility index (Phi) is 5.48. The van der Waals surface area contributed by atoms with Crippen LogP contribution in [-0.4, -0.2) is 49.3 Å². The SMILES string of the molecule is CCc1nc(C2CN(C(=O)CCOCc3ccccc3)Cc3cn[nH]c32)n[nH]1. The van der Waals surface area contributed by atoms with Crippen LogP contribution >= 0.6 is 0 Å². The van der Waals surface area contributed by atoms with Gasteiger partial charge in [-0.25, -0.2) is 4.98 Å². The van der Waals surface area contributed by atoms with E-state index in [0.29, 0.717) is 38.5 Å². The highest BCUT2D eigenvalue weighted by Gasteiger charge is 2.32. The Morgan fingerprint density at radius 1 is 1.29 bits per heavy atom. The fourth-order valence-corrected chi connectivity index (χ4v) is 3.44. The molecular weight excluding hydrogens is 356 g/mol. The lowest BCUT2D eigenvalue weighted by molar-refractivity contribution is -0.133. The first-order chi connectivity index (χ1) is 13.7. The normalized spacial score (nSPS) is 16.2. The average Bonchev–Trinajstić information content (AvgIpc) is 3.40. The van der Waals surface area contributed by atoms with Crippen molar-refractivity contribution in [2.24, 2.45) is 0 Å². The Morgan fingerprint density at radius 3 is 2.93 bits per heavy atom. The molecule has 3 heterocycles. The Labute approximate surface area is 163 Å². The van der Waals surface area contributed by atoms with Crippen LogP contribution in [0.4, 0.5) is 0 Å². The lowest BCUT2D eigenvalue weighted by atomic mass is 9.95. The molecule has 8 nitrogen and oxygen atoms in total. The summed E-state index contributed by atoms with van der Waals surface area (Å²) in [6, 6.07) is 9.96. The van der Waals surface area contributed by atoms with Gasteiger partial charge in [0.1, 0.15) is 5.82 Å². The summed E-state index contributed by atoms with van der Waals surface area (Å²) in [5.74, 6) is 1.50. The van der Waals surface area contributed by atoms with Crippen molar-refractivity contribution in [3.05, 3.63) is 65.0 Å². The standard InChI is InChI=1S/C20H24N6O2/c1-2-17-22-20(25-23-17)16-12-26(11-15-10-21-24-19(15)16)18(27)8-9-28-13-14-6-4-3-5-7-14/h3-7,10,16H,2,8-9,11-13H2,1H3,(H,21,24)(H,22,23,25). The zero-order valence-corrected chi connectivity index (χ0v) is 15.9. The van der Waals surface area contributed by atoms with E-state index in [-0.39, 0.29) is 11.8 Å². The highest BCUT2D eigenvalue weighted by atomic mass is 16.5. The molecule has 1 atom stereocenters. The number of nitrogens with zero attached hydrogens (tertiary/aromatic N) is 4. The minimum Gasteiger partial charge on any atom is -0.376 e. The van der Waals surface area contributed by atoms with Crippen molar-refractivity contribution < 1.29 is 9.53 Å². The van der Waals surface area contributed by atoms with Gasteiger partial charge in [0, 0.05) is 25.1 Å². The van der Waals surface area contributed by atoms with Crippen LogP contribution in [0.25, 0.3) is 0 Å². The molecule has 1 aliphatic heterocycles. The van der Waals surface area contributed by atoms with E-state index in [1.807, 2.05) is 42.2 Å². The van der Waals surface area contributed by atoms with E-state index in [9.17, 15) is 4.79 Å². The van der Waals surface area contributed by atoms with Crippen molar-refractivity contribution in [2.75, 3.05) is 13.2 Å². The lowest BCUT2D eigenvalue weighted by Gasteiger charge is -2.31. The number of aromatic nitrogens is 5. The maximum atomic E-state index is 12.7. The number of H-pyrrole nitrogens is 2. The first-order valence-corrected chi connectivity index (χ1v) is 9.57. The van der Waals surface area contributed by atoms with Gasteiger partial charge in [0.25, 0.3) is 0 Å². The van der Waals surface area contributed by atoms with Crippen LogP contribution in [0.15, 0.2) is 36.5 Å². The summed E-state index contributed by atoms with van der Waals surface area (Å²) in [4.78, 5) is 19.1. The summed E-state index contributed by atoms with van der Waals surface area (Å²) in [7, 11) is 0. The molecule has 1 aliphatic rings. The number of aryl methyl sites for hydroxylation is 1. The number of benzene rings is 1. The number of amides is 1. The van der Waals surface area contributed by atoms with Gasteiger partial charge in [-0.3, -0.25) is 15.0 Å². The van der Waals surface area contributed by atoms with Crippen molar-refractivity contribution in [2.45, 2.75) is 38.8 Å². The topological polar surface area (TPSA) is 99.8 Å². The molecule has 0 saturated heterocycles. The van der Waals surface area contributed by atoms with E-state index in [4.69, 9.17) is 4.74 Å². The fourth-order valence-electron chi connectivity index (χ4n) is 3.44. The molecule has 1 amide bonds. The van der Waals surface area contributed by atoms with Gasteiger partial charge in [-0.2, -0.15) is 10.2 Å². The largest absolute Gasteiger partial charge is 0.376 e. The second-order valence-electron chi connectivity index (χ2n) is 6.92. The van der Waals surface area contributed by atoms with Gasteiger partial charge in [0.05, 0.1) is 37.4 Å². The molecule has 1 unspecified atom stereocenters. The number of nitrogens with one attached hydrogen (secondary N) is 2. The summed E-state index contributed by atoms with van der Waals surface area (Å²) >= 11 is 0. The second-order valence-corrected chi connectivity index (χ2v) is 6.92. The molecule has 2 aromatic heterocycles. The first-order valence-electron chi connectivity index (χ1n) is 9.57. The van der Waals surface area contributed by atoms with Crippen LogP contribution in [0.2, 0.25) is 0 Å². The summed E-state index contributed by atoms with van der Waals surface area (Å²) in [6.07, 6.45) is 2.92. The first kappa shape index (κ1) is 18.4. The number of aromatic amines is 2. The highest BCUT2D eigenvalue weighted by molar-refractivity contribution is 5.76. The maximum absolute atomic E-state index is 12.7. The van der Waals surface area contributed by atoms with Crippen LogP contribution in [-0.2, 0) is 29.1 Å². The Hall–Kier alpha value is -3.00. The molecule has 0 saturated carbocycles. The van der Waals surface area contributed by atoms with Crippen LogP contribution in [0.3, 0.4) is 0 Å². The maximum Gasteiger partial charge on any atom is 0.225 e. The van der Waals surface area contributed by atoms with Gasteiger partial charge in [0.15, 0.2) is 5.82 Å². The number of carbonyl (C=O) groups excluding carboxylic acids is 1. The van der Waals surface area contributed by atoms with Crippen molar-refractivity contribution in [1.29, 1.82) is 0 Å². The second kappa shape index (κ2) is 8.35. The van der Waals surface area contributed by atoms with Crippen LogP contribution in [0, 0.1) is 0 Å². The molecule has 4 rings (SSSR count). The van der Waals surface area contributed by atoms with E-state index >= 15 is 0 Å². The number of hydrogen-bond acceptors (Lipinski definition) is 5. The highest BCUT2D eigenvalue weighted by Crippen LogP contribution is 2.30. The van der Waals surface area contributed by atoms with E-state index in [1.54, 1.807) is 6.20 Å². The molecular formula is C20H24N6O2. The van der Waals surface area contributed by atoms with Crippen LogP contribution in [0.1, 0.15) is 47.7 Å². The quantitative estimate of drug-likeness (QED) is 0.612. The predicted octanol–water partition coefficient (Wildman–Crippen LogP) is 2.17. The molecule has 0 bridgehead atoms. The van der Waals surface area contributed by atoms with E-state index in [0.717, 1.165) is 29.1 Å². The predicted molar refractivity (Wildman–Crippen MR) is 102 cm³/mol. The van der Waals surface area contributed by atoms with Crippen molar-refractivity contribution in [3.8, 4) is 0 Å². The third-order valence-electron chi connectivity index (χ3n) is 4.98. The lowest BCUT2D eigenvalue weighted by Crippen LogP contribution is -2.39. The third kappa shape index (κ3) is 3.96. The van der Waals surface area contributed by atoms with Gasteiger partial charge in [-0.1, -0.05) is 37.3 Å². The molecule has 1 aromatic carbocycles. The van der Waals surface area contributed by atoms with Crippen molar-refractivity contribution in [3.63, 3.8) is 0 Å². The number of hydrogen-bond donors (Lipinski definition) is 2. The molecule has 0 fully saturated rings. The number of rotatable bonds is 7. The van der Waals surface area contributed by atoms with E-state index in [1.165, 1.54) is 0 Å². The smallest absolute Gasteiger partial charge is 0.225 e. The number of ether oxygens (including phenoxy) is 1. The van der Waals surface area contributed by atoms with E-state index in [2.05, 4.69) is 25.4 Å². The fraction of sp³-hybridized carbons (Fsp3) is 0.400. The third-order valence-corrected chi connectivity index (χ3v) is 4.98. The minimum atomic E-state index is -0.100. The Balaban J connectivity index is 1.37. The summed E-state index contributed by atoms with van der Waals surface area (Å²) in [5.41, 5.74) is 3.11. The van der Waals surface area contributed by atoms with E-state index < -0.39 is 0 Å². The van der Waals surface area contributed by atoms with Crippen LogP contribution < -0.4 is 0 Å². The zero-order valence-electron chi connectivity index (χ0n) is 15.9. The summed E-state index contributed by atoms with van der Waals surface area (Å²) < 4.78 is 5.67. The molecule has 146 valence electrons. The molecule has 28 heavy (non-hydrogen) atoms. The van der Waals surface area contributed by atoms with Crippen LogP contribution in [0.5, 0.6) is 0 Å². The summed E-state index contributed by atoms with van der Waals surface area (Å²) in [6.45, 7) is 4.02. The number of fused-ring (bicyclic) bond motifs is 1. The zero-order chi connectivity index (χ0) is 19.3. The molecule has 2 N–H and O–H groups in total. The average molecular weight is 380 g/mol. The van der Waals surface area contributed by atoms with Gasteiger partial charge in [0.2, 0.25) is 5.91 Å². The van der Waals surface area contributed by atoms with Gasteiger partial charge >= 0.3 is 0 Å². The van der Waals surface area contributed by atoms with Crippen molar-refractivity contribution >= 4 is 5.91 Å². The van der Waals surface area contributed by atoms with Gasteiger partial charge in [-0.15, -0.1) is 0 Å². The van der Waals surface area contributed by atoms with Crippen molar-refractivity contribution in [1.82, 2.24) is 30.3 Å². The molecule has 3 aromatic rings. The molecule has 0 spiro atoms. The number of carbonyl (C=O) groups is 1. The minimum absolute atomic E-state index is 0.0659. The van der Waals surface area contributed by atoms with Gasteiger partial charge in [-0.05, 0) is 5.56 Å². The molecule has 0 aliphatic carbocycles. The Bertz CT molecular complexity index is 920. The Morgan fingerprint density at radius 2 is 2.14 bits per heavy atom.